The summed E-state index contributed by atoms with van der Waals surface area (Å²) in [6, 6.07) is 12.8. The van der Waals surface area contributed by atoms with Crippen molar-refractivity contribution in [3.8, 4) is 11.5 Å². The van der Waals surface area contributed by atoms with E-state index in [0.29, 0.717) is 23.0 Å². The molecule has 0 radical (unpaired) electrons. The first-order chi connectivity index (χ1) is 10.7. The van der Waals surface area contributed by atoms with E-state index in [1.165, 1.54) is 0 Å². The SMILES string of the molecule is COc1ccc(C(C)=NNc2nc3ccccc3[nH]2)c(O)c1. The van der Waals surface area contributed by atoms with Crippen molar-refractivity contribution in [2.24, 2.45) is 5.10 Å². The summed E-state index contributed by atoms with van der Waals surface area (Å²) >= 11 is 0. The van der Waals surface area contributed by atoms with Gasteiger partial charge in [0.1, 0.15) is 11.5 Å². The first-order valence-corrected chi connectivity index (χ1v) is 6.80. The van der Waals surface area contributed by atoms with Crippen molar-refractivity contribution in [2.45, 2.75) is 6.92 Å². The molecule has 0 amide bonds. The number of hydrogen-bond donors (Lipinski definition) is 3. The van der Waals surface area contributed by atoms with Crippen LogP contribution in [-0.4, -0.2) is 27.9 Å². The van der Waals surface area contributed by atoms with E-state index in [9.17, 15) is 5.11 Å². The van der Waals surface area contributed by atoms with Gasteiger partial charge in [0.2, 0.25) is 5.95 Å². The third kappa shape index (κ3) is 2.71. The Kier molecular flexibility index (Phi) is 3.65. The number of para-hydroxylation sites is 2. The minimum absolute atomic E-state index is 0.118. The summed E-state index contributed by atoms with van der Waals surface area (Å²) in [5, 5.41) is 14.2. The number of aromatic amines is 1. The number of benzene rings is 2. The zero-order valence-electron chi connectivity index (χ0n) is 12.3. The van der Waals surface area contributed by atoms with E-state index in [4.69, 9.17) is 4.74 Å². The van der Waals surface area contributed by atoms with Crippen molar-refractivity contribution < 1.29 is 9.84 Å². The van der Waals surface area contributed by atoms with Gasteiger partial charge >= 0.3 is 0 Å². The van der Waals surface area contributed by atoms with Gasteiger partial charge in [-0.2, -0.15) is 5.10 Å². The molecule has 0 atom stereocenters. The fourth-order valence-corrected chi connectivity index (χ4v) is 2.15. The lowest BCUT2D eigenvalue weighted by molar-refractivity contribution is 0.407. The zero-order chi connectivity index (χ0) is 15.5. The summed E-state index contributed by atoms with van der Waals surface area (Å²) in [6.45, 7) is 1.80. The molecule has 1 aromatic heterocycles. The van der Waals surface area contributed by atoms with Crippen LogP contribution in [0.2, 0.25) is 0 Å². The maximum Gasteiger partial charge on any atom is 0.222 e. The molecule has 1 heterocycles. The highest BCUT2D eigenvalue weighted by Crippen LogP contribution is 2.24. The van der Waals surface area contributed by atoms with Gasteiger partial charge in [0, 0.05) is 11.6 Å². The summed E-state index contributed by atoms with van der Waals surface area (Å²) in [7, 11) is 1.55. The van der Waals surface area contributed by atoms with Crippen molar-refractivity contribution >= 4 is 22.7 Å². The maximum atomic E-state index is 9.99. The molecule has 3 rings (SSSR count). The second-order valence-electron chi connectivity index (χ2n) is 4.79. The van der Waals surface area contributed by atoms with Gasteiger partial charge in [-0.25, -0.2) is 10.4 Å². The average molecular weight is 296 g/mol. The number of phenols is 1. The van der Waals surface area contributed by atoms with Gasteiger partial charge in [0.25, 0.3) is 0 Å². The van der Waals surface area contributed by atoms with Crippen LogP contribution in [0.5, 0.6) is 11.5 Å². The second kappa shape index (κ2) is 5.77. The van der Waals surface area contributed by atoms with E-state index in [-0.39, 0.29) is 5.75 Å². The number of aromatic hydroxyl groups is 1. The molecule has 0 aliphatic carbocycles. The standard InChI is InChI=1S/C16H16N4O2/c1-10(12-8-7-11(22-2)9-15(12)21)19-20-16-17-13-5-3-4-6-14(13)18-16/h3-9,21H,1-2H3,(H2,17,18,20). The minimum atomic E-state index is 0.118. The van der Waals surface area contributed by atoms with Crippen LogP contribution in [0.4, 0.5) is 5.95 Å². The number of methoxy groups -OCH3 is 1. The molecule has 0 fully saturated rings. The minimum Gasteiger partial charge on any atom is -0.507 e. The number of fused-ring (bicyclic) bond motifs is 1. The van der Waals surface area contributed by atoms with Gasteiger partial charge in [0.15, 0.2) is 0 Å². The van der Waals surface area contributed by atoms with Crippen LogP contribution in [0.15, 0.2) is 47.6 Å². The number of aromatic nitrogens is 2. The van der Waals surface area contributed by atoms with E-state index in [0.717, 1.165) is 11.0 Å². The van der Waals surface area contributed by atoms with Crippen LogP contribution >= 0.6 is 0 Å². The monoisotopic (exact) mass is 296 g/mol. The Morgan fingerprint density at radius 3 is 2.82 bits per heavy atom. The summed E-state index contributed by atoms with van der Waals surface area (Å²) < 4.78 is 5.06. The number of nitrogens with zero attached hydrogens (tertiary/aromatic N) is 2. The number of imidazole rings is 1. The number of hydrogen-bond acceptors (Lipinski definition) is 5. The Bertz CT molecular complexity index is 806. The molecular weight excluding hydrogens is 280 g/mol. The van der Waals surface area contributed by atoms with Crippen molar-refractivity contribution in [1.82, 2.24) is 9.97 Å². The van der Waals surface area contributed by atoms with E-state index in [1.54, 1.807) is 32.2 Å². The third-order valence-electron chi connectivity index (χ3n) is 3.31. The van der Waals surface area contributed by atoms with Crippen LogP contribution in [0, 0.1) is 0 Å². The highest BCUT2D eigenvalue weighted by atomic mass is 16.5. The summed E-state index contributed by atoms with van der Waals surface area (Å²) in [4.78, 5) is 7.50. The van der Waals surface area contributed by atoms with Gasteiger partial charge in [0.05, 0.1) is 23.9 Å². The lowest BCUT2D eigenvalue weighted by Crippen LogP contribution is -2.01. The molecule has 0 saturated heterocycles. The first kappa shape index (κ1) is 13.9. The molecular formula is C16H16N4O2. The van der Waals surface area contributed by atoms with Gasteiger partial charge in [-0.1, -0.05) is 12.1 Å². The van der Waals surface area contributed by atoms with Crippen LogP contribution in [-0.2, 0) is 0 Å². The van der Waals surface area contributed by atoms with Crippen molar-refractivity contribution in [1.29, 1.82) is 0 Å². The van der Waals surface area contributed by atoms with Crippen molar-refractivity contribution in [3.63, 3.8) is 0 Å². The largest absolute Gasteiger partial charge is 0.507 e. The lowest BCUT2D eigenvalue weighted by atomic mass is 10.1. The van der Waals surface area contributed by atoms with Crippen LogP contribution in [0.3, 0.4) is 0 Å². The number of H-pyrrole nitrogens is 1. The lowest BCUT2D eigenvalue weighted by Gasteiger charge is -2.06. The summed E-state index contributed by atoms with van der Waals surface area (Å²) in [5.41, 5.74) is 5.94. The maximum absolute atomic E-state index is 9.99. The predicted octanol–water partition coefficient (Wildman–Crippen LogP) is 3.11. The molecule has 112 valence electrons. The van der Waals surface area contributed by atoms with Crippen LogP contribution in [0.25, 0.3) is 11.0 Å². The molecule has 22 heavy (non-hydrogen) atoms. The number of ether oxygens (including phenoxy) is 1. The Hall–Kier alpha value is -3.02. The smallest absolute Gasteiger partial charge is 0.222 e. The molecule has 3 aromatic rings. The van der Waals surface area contributed by atoms with Gasteiger partial charge in [-0.05, 0) is 31.2 Å². The Labute approximate surface area is 127 Å². The van der Waals surface area contributed by atoms with Gasteiger partial charge in [-0.3, -0.25) is 0 Å². The summed E-state index contributed by atoms with van der Waals surface area (Å²) in [5.74, 6) is 1.26. The Morgan fingerprint density at radius 1 is 1.27 bits per heavy atom. The van der Waals surface area contributed by atoms with Crippen molar-refractivity contribution in [3.05, 3.63) is 48.0 Å². The topological polar surface area (TPSA) is 82.5 Å². The highest BCUT2D eigenvalue weighted by molar-refractivity contribution is 6.01. The molecule has 0 saturated carbocycles. The van der Waals surface area contributed by atoms with Gasteiger partial charge < -0.3 is 14.8 Å². The zero-order valence-corrected chi connectivity index (χ0v) is 12.3. The Morgan fingerprint density at radius 2 is 2.09 bits per heavy atom. The van der Waals surface area contributed by atoms with E-state index in [2.05, 4.69) is 20.5 Å². The molecule has 6 nitrogen and oxygen atoms in total. The molecule has 0 aliphatic rings. The number of hydrazone groups is 1. The number of anilines is 1. The molecule has 0 aliphatic heterocycles. The average Bonchev–Trinajstić information content (AvgIpc) is 2.95. The van der Waals surface area contributed by atoms with E-state index >= 15 is 0 Å². The van der Waals surface area contributed by atoms with E-state index in [1.807, 2.05) is 24.3 Å². The predicted molar refractivity (Wildman–Crippen MR) is 86.6 cm³/mol. The first-order valence-electron chi connectivity index (χ1n) is 6.80. The van der Waals surface area contributed by atoms with Crippen molar-refractivity contribution in [2.75, 3.05) is 12.5 Å². The second-order valence-corrected chi connectivity index (χ2v) is 4.79. The fraction of sp³-hybridized carbons (Fsp3) is 0.125. The quantitative estimate of drug-likeness (QED) is 0.510. The highest BCUT2D eigenvalue weighted by Gasteiger charge is 2.07. The Balaban J connectivity index is 1.82. The molecule has 0 unspecified atom stereocenters. The fourth-order valence-electron chi connectivity index (χ4n) is 2.15. The molecule has 0 spiro atoms. The van der Waals surface area contributed by atoms with Gasteiger partial charge in [-0.15, -0.1) is 0 Å². The molecule has 6 heteroatoms. The van der Waals surface area contributed by atoms with E-state index < -0.39 is 0 Å². The molecule has 0 bridgehead atoms. The summed E-state index contributed by atoms with van der Waals surface area (Å²) in [6.07, 6.45) is 0. The van der Waals surface area contributed by atoms with Crippen LogP contribution in [0.1, 0.15) is 12.5 Å². The number of phenolic OH excluding ortho intramolecular Hbond substituents is 1. The number of rotatable bonds is 4. The normalized spacial score (nSPS) is 11.6. The molecule has 3 N–H and O–H groups in total. The molecule has 2 aromatic carbocycles. The number of nitrogens with one attached hydrogen (secondary N) is 2. The van der Waals surface area contributed by atoms with Crippen LogP contribution < -0.4 is 10.2 Å². The third-order valence-corrected chi connectivity index (χ3v) is 3.31.